The van der Waals surface area contributed by atoms with Crippen molar-refractivity contribution in [2.75, 3.05) is 6.61 Å². The van der Waals surface area contributed by atoms with Crippen molar-refractivity contribution in [1.29, 1.82) is 0 Å². The zero-order valence-corrected chi connectivity index (χ0v) is 16.7. The van der Waals surface area contributed by atoms with Gasteiger partial charge in [-0.3, -0.25) is 0 Å². The van der Waals surface area contributed by atoms with Crippen LogP contribution in [0.3, 0.4) is 0 Å². The molecule has 0 bridgehead atoms. The van der Waals surface area contributed by atoms with Crippen LogP contribution in [0.25, 0.3) is 0 Å². The normalized spacial score (nSPS) is 13.4. The van der Waals surface area contributed by atoms with Gasteiger partial charge in [0.2, 0.25) is 0 Å². The van der Waals surface area contributed by atoms with Gasteiger partial charge in [0.05, 0.1) is 5.60 Å². The van der Waals surface area contributed by atoms with Gasteiger partial charge in [0, 0.05) is 10.2 Å². The Kier molecular flexibility index (Phi) is 8.00. The molecule has 128 valence electrons. The first kappa shape index (κ1) is 19.2. The van der Waals surface area contributed by atoms with Crippen LogP contribution in [0, 0.1) is 0 Å². The Hall–Kier alpha value is -1.13. The molecule has 0 aliphatic heterocycles. The first-order valence-corrected chi connectivity index (χ1v) is 9.75. The molecule has 2 heteroatoms. The highest BCUT2D eigenvalue weighted by atomic mass is 127. The highest BCUT2D eigenvalue weighted by molar-refractivity contribution is 14.1. The van der Waals surface area contributed by atoms with E-state index >= 15 is 0 Å². The third-order valence-electron chi connectivity index (χ3n) is 4.43. The zero-order valence-electron chi connectivity index (χ0n) is 14.5. The molecule has 0 aromatic heterocycles. The Labute approximate surface area is 160 Å². The zero-order chi connectivity index (χ0) is 17.3. The summed E-state index contributed by atoms with van der Waals surface area (Å²) in [5.74, 6) is 0. The van der Waals surface area contributed by atoms with E-state index in [1.807, 2.05) is 0 Å². The molecule has 0 N–H and O–H groups in total. The van der Waals surface area contributed by atoms with E-state index in [9.17, 15) is 0 Å². The molecule has 0 fully saturated rings. The molecule has 0 aliphatic carbocycles. The standard InChI is InChI=1S/C22H27IO/c1-19(23)22(2,17-16-21-13-7-4-8-14-21)24-18-10-9-15-20-11-5-3-6-12-20/h3-8,11-14H,1,9-10,15-18H2,2H3. The Morgan fingerprint density at radius 3 is 2.00 bits per heavy atom. The number of hydrogen-bond donors (Lipinski definition) is 0. The predicted molar refractivity (Wildman–Crippen MR) is 112 cm³/mol. The van der Waals surface area contributed by atoms with E-state index in [0.717, 1.165) is 42.3 Å². The van der Waals surface area contributed by atoms with Crippen LogP contribution in [0.5, 0.6) is 0 Å². The number of unbranched alkanes of at least 4 members (excludes halogenated alkanes) is 1. The molecule has 0 heterocycles. The molecular weight excluding hydrogens is 407 g/mol. The first-order chi connectivity index (χ1) is 11.6. The molecule has 2 rings (SSSR count). The van der Waals surface area contributed by atoms with Crippen LogP contribution in [0.4, 0.5) is 0 Å². The Morgan fingerprint density at radius 1 is 0.917 bits per heavy atom. The number of ether oxygens (including phenoxy) is 1. The minimum absolute atomic E-state index is 0.247. The smallest absolute Gasteiger partial charge is 0.0956 e. The van der Waals surface area contributed by atoms with Crippen molar-refractivity contribution in [2.24, 2.45) is 0 Å². The molecule has 0 saturated heterocycles. The molecule has 1 atom stereocenters. The molecule has 0 radical (unpaired) electrons. The fourth-order valence-corrected chi connectivity index (χ4v) is 3.11. The average molecular weight is 434 g/mol. The van der Waals surface area contributed by atoms with Crippen molar-refractivity contribution >= 4 is 22.6 Å². The van der Waals surface area contributed by atoms with Gasteiger partial charge in [-0.05, 0) is 72.7 Å². The fraction of sp³-hybridized carbons (Fsp3) is 0.364. The number of rotatable bonds is 10. The molecule has 0 spiro atoms. The molecule has 0 aliphatic rings. The summed E-state index contributed by atoms with van der Waals surface area (Å²) < 4.78 is 7.33. The number of hydrogen-bond acceptors (Lipinski definition) is 1. The molecular formula is C22H27IO. The van der Waals surface area contributed by atoms with Crippen molar-refractivity contribution < 1.29 is 4.74 Å². The quantitative estimate of drug-likeness (QED) is 0.312. The van der Waals surface area contributed by atoms with Crippen LogP contribution >= 0.6 is 22.6 Å². The molecule has 2 aromatic carbocycles. The summed E-state index contributed by atoms with van der Waals surface area (Å²) in [5, 5.41) is 0. The maximum atomic E-state index is 6.24. The van der Waals surface area contributed by atoms with Gasteiger partial charge in [0.15, 0.2) is 0 Å². The summed E-state index contributed by atoms with van der Waals surface area (Å²) >= 11 is 2.31. The van der Waals surface area contributed by atoms with E-state index in [1.165, 1.54) is 11.1 Å². The summed E-state index contributed by atoms with van der Waals surface area (Å²) in [6.45, 7) is 7.11. The van der Waals surface area contributed by atoms with Gasteiger partial charge in [-0.2, -0.15) is 0 Å². The second kappa shape index (κ2) is 10.00. The highest BCUT2D eigenvalue weighted by Crippen LogP contribution is 2.30. The van der Waals surface area contributed by atoms with E-state index in [2.05, 4.69) is 96.8 Å². The predicted octanol–water partition coefficient (Wildman–Crippen LogP) is 6.37. The van der Waals surface area contributed by atoms with Crippen molar-refractivity contribution in [3.8, 4) is 0 Å². The van der Waals surface area contributed by atoms with Crippen molar-refractivity contribution in [3.63, 3.8) is 0 Å². The van der Waals surface area contributed by atoms with Crippen LogP contribution < -0.4 is 0 Å². The molecule has 0 amide bonds. The molecule has 0 saturated carbocycles. The van der Waals surface area contributed by atoms with Crippen LogP contribution in [-0.4, -0.2) is 12.2 Å². The number of aryl methyl sites for hydroxylation is 2. The minimum atomic E-state index is -0.247. The lowest BCUT2D eigenvalue weighted by Crippen LogP contribution is -2.30. The lowest BCUT2D eigenvalue weighted by Gasteiger charge is -2.30. The Morgan fingerprint density at radius 2 is 1.46 bits per heavy atom. The topological polar surface area (TPSA) is 9.23 Å². The number of halogens is 1. The second-order valence-electron chi connectivity index (χ2n) is 6.41. The van der Waals surface area contributed by atoms with E-state index in [4.69, 9.17) is 4.74 Å². The maximum Gasteiger partial charge on any atom is 0.0956 e. The van der Waals surface area contributed by atoms with Gasteiger partial charge in [0.25, 0.3) is 0 Å². The number of benzene rings is 2. The Balaban J connectivity index is 1.74. The van der Waals surface area contributed by atoms with Crippen LogP contribution in [0.1, 0.15) is 37.3 Å². The van der Waals surface area contributed by atoms with E-state index in [0.29, 0.717) is 0 Å². The van der Waals surface area contributed by atoms with Crippen LogP contribution in [0.15, 0.2) is 70.8 Å². The van der Waals surface area contributed by atoms with Crippen LogP contribution in [-0.2, 0) is 17.6 Å². The van der Waals surface area contributed by atoms with Gasteiger partial charge in [-0.25, -0.2) is 0 Å². The third-order valence-corrected chi connectivity index (χ3v) is 5.57. The third kappa shape index (κ3) is 6.40. The second-order valence-corrected chi connectivity index (χ2v) is 7.71. The van der Waals surface area contributed by atoms with E-state index in [1.54, 1.807) is 0 Å². The monoisotopic (exact) mass is 434 g/mol. The van der Waals surface area contributed by atoms with Gasteiger partial charge in [-0.15, -0.1) is 0 Å². The summed E-state index contributed by atoms with van der Waals surface area (Å²) in [4.78, 5) is 0. The summed E-state index contributed by atoms with van der Waals surface area (Å²) in [7, 11) is 0. The van der Waals surface area contributed by atoms with E-state index < -0.39 is 0 Å². The first-order valence-electron chi connectivity index (χ1n) is 8.67. The summed E-state index contributed by atoms with van der Waals surface area (Å²) in [6, 6.07) is 21.3. The maximum absolute atomic E-state index is 6.24. The molecule has 2 aromatic rings. The fourth-order valence-electron chi connectivity index (χ4n) is 2.69. The molecule has 1 nitrogen and oxygen atoms in total. The van der Waals surface area contributed by atoms with Gasteiger partial charge < -0.3 is 4.74 Å². The van der Waals surface area contributed by atoms with Crippen molar-refractivity contribution in [1.82, 2.24) is 0 Å². The minimum Gasteiger partial charge on any atom is -0.370 e. The molecule has 24 heavy (non-hydrogen) atoms. The lowest BCUT2D eigenvalue weighted by molar-refractivity contribution is -0.00322. The van der Waals surface area contributed by atoms with Gasteiger partial charge in [-0.1, -0.05) is 67.2 Å². The summed E-state index contributed by atoms with van der Waals surface area (Å²) in [5.41, 5.74) is 2.51. The van der Waals surface area contributed by atoms with Crippen molar-refractivity contribution in [3.05, 3.63) is 81.9 Å². The van der Waals surface area contributed by atoms with Gasteiger partial charge >= 0.3 is 0 Å². The van der Waals surface area contributed by atoms with E-state index in [-0.39, 0.29) is 5.60 Å². The lowest BCUT2D eigenvalue weighted by atomic mass is 9.96. The summed E-state index contributed by atoms with van der Waals surface area (Å²) in [6.07, 6.45) is 5.35. The largest absolute Gasteiger partial charge is 0.370 e. The SMILES string of the molecule is C=C(I)C(C)(CCc1ccccc1)OCCCCc1ccccc1. The van der Waals surface area contributed by atoms with Crippen molar-refractivity contribution in [2.45, 2.75) is 44.6 Å². The molecule has 1 unspecified atom stereocenters. The highest BCUT2D eigenvalue weighted by Gasteiger charge is 2.26. The average Bonchev–Trinajstić information content (AvgIpc) is 2.61. The van der Waals surface area contributed by atoms with Crippen LogP contribution in [0.2, 0.25) is 0 Å². The van der Waals surface area contributed by atoms with Gasteiger partial charge in [0.1, 0.15) is 0 Å². The Bertz CT molecular complexity index is 608.